The lowest BCUT2D eigenvalue weighted by Gasteiger charge is -2.29. The number of thiazole rings is 1. The molecule has 0 saturated carbocycles. The number of benzene rings is 2. The lowest BCUT2D eigenvalue weighted by atomic mass is 9.87. The lowest BCUT2D eigenvalue weighted by Crippen LogP contribution is -2.32. The Labute approximate surface area is 247 Å². The van der Waals surface area contributed by atoms with Crippen LogP contribution in [-0.4, -0.2) is 27.5 Å². The topological polar surface area (TPSA) is 88.5 Å². The average Bonchev–Trinajstić information content (AvgIpc) is 3.62. The molecule has 0 radical (unpaired) electrons. The predicted molar refractivity (Wildman–Crippen MR) is 152 cm³/mol. The minimum absolute atomic E-state index is 0.345. The predicted octanol–water partition coefficient (Wildman–Crippen LogP) is 6.08. The number of nitrogens with zero attached hydrogens (tertiary/aromatic N) is 2. The van der Waals surface area contributed by atoms with E-state index in [4.69, 9.17) is 11.6 Å². The Morgan fingerprint density at radius 3 is 2.39 bits per heavy atom. The Hall–Kier alpha value is -3.39. The van der Waals surface area contributed by atoms with Crippen molar-refractivity contribution in [1.82, 2.24) is 4.57 Å². The Bertz CT molecular complexity index is 1730. The zero-order valence-corrected chi connectivity index (χ0v) is 23.8. The summed E-state index contributed by atoms with van der Waals surface area (Å²) in [6, 6.07) is 14.5. The molecule has 1 saturated heterocycles. The van der Waals surface area contributed by atoms with E-state index in [1.54, 1.807) is 30.3 Å². The number of hydrogen-bond donors (Lipinski definition) is 1. The highest BCUT2D eigenvalue weighted by Gasteiger charge is 2.57. The summed E-state index contributed by atoms with van der Waals surface area (Å²) in [7, 11) is 0. The molecular formula is C27H17ClF3N3O4S3. The van der Waals surface area contributed by atoms with Gasteiger partial charge in [-0.2, -0.15) is 13.2 Å². The fraction of sp³-hybridized carbons (Fsp3) is 0.185. The number of thiophene rings is 1. The number of imide groups is 1. The van der Waals surface area contributed by atoms with Crippen molar-refractivity contribution in [2.24, 2.45) is 5.92 Å². The number of nitrogens with one attached hydrogen (secondary N) is 1. The first kappa shape index (κ1) is 27.8. The van der Waals surface area contributed by atoms with Gasteiger partial charge in [-0.05, 0) is 47.8 Å². The van der Waals surface area contributed by atoms with Crippen LogP contribution in [0.5, 0.6) is 0 Å². The van der Waals surface area contributed by atoms with Gasteiger partial charge in [-0.1, -0.05) is 52.9 Å². The van der Waals surface area contributed by atoms with Gasteiger partial charge in [0.05, 0.1) is 27.9 Å². The Kier molecular flexibility index (Phi) is 7.09. The maximum atomic E-state index is 13.8. The number of carbonyl (C=O) groups excluding carboxylic acids is 3. The van der Waals surface area contributed by atoms with Crippen LogP contribution in [-0.2, 0) is 27.1 Å². The SMILES string of the molecule is O=C(Cn1c2c(sc1=O)C(c1cccs1)C1C(=O)N(c3ccc(Cl)cc3)C(=O)C1S2)Nc1ccccc1C(F)(F)F. The molecule has 7 nitrogen and oxygen atoms in total. The quantitative estimate of drug-likeness (QED) is 0.269. The number of thioether (sulfide) groups is 1. The van der Waals surface area contributed by atoms with Crippen LogP contribution >= 0.6 is 46.0 Å². The number of halogens is 4. The van der Waals surface area contributed by atoms with Gasteiger partial charge in [0.15, 0.2) is 0 Å². The molecule has 14 heteroatoms. The largest absolute Gasteiger partial charge is 0.418 e. The third kappa shape index (κ3) is 4.90. The first-order valence-electron chi connectivity index (χ1n) is 12.1. The van der Waals surface area contributed by atoms with Gasteiger partial charge in [0.2, 0.25) is 17.7 Å². The molecule has 3 unspecified atom stereocenters. The van der Waals surface area contributed by atoms with Crippen molar-refractivity contribution in [3.8, 4) is 0 Å². The monoisotopic (exact) mass is 635 g/mol. The molecule has 3 amide bonds. The van der Waals surface area contributed by atoms with E-state index >= 15 is 0 Å². The molecular weight excluding hydrogens is 619 g/mol. The molecule has 2 aromatic carbocycles. The number of anilines is 2. The Morgan fingerprint density at radius 2 is 1.71 bits per heavy atom. The van der Waals surface area contributed by atoms with Crippen molar-refractivity contribution in [3.63, 3.8) is 0 Å². The lowest BCUT2D eigenvalue weighted by molar-refractivity contribution is -0.137. The molecule has 4 aromatic rings. The minimum Gasteiger partial charge on any atom is -0.324 e. The number of rotatable bonds is 5. The first-order valence-corrected chi connectivity index (χ1v) is 15.0. The normalized spacial score (nSPS) is 20.2. The third-order valence-corrected chi connectivity index (χ3v) is 10.6. The van der Waals surface area contributed by atoms with Crippen molar-refractivity contribution in [1.29, 1.82) is 0 Å². The van der Waals surface area contributed by atoms with E-state index < -0.39 is 63.7 Å². The molecule has 2 aliphatic rings. The van der Waals surface area contributed by atoms with Gasteiger partial charge in [-0.15, -0.1) is 11.3 Å². The highest BCUT2D eigenvalue weighted by molar-refractivity contribution is 8.00. The smallest absolute Gasteiger partial charge is 0.324 e. The average molecular weight is 636 g/mol. The fourth-order valence-corrected chi connectivity index (χ4v) is 8.89. The second kappa shape index (κ2) is 10.5. The van der Waals surface area contributed by atoms with Crippen LogP contribution in [0.3, 0.4) is 0 Å². The van der Waals surface area contributed by atoms with Crippen molar-refractivity contribution < 1.29 is 27.6 Å². The molecule has 0 spiro atoms. The van der Waals surface area contributed by atoms with Crippen LogP contribution in [0.4, 0.5) is 24.5 Å². The maximum absolute atomic E-state index is 13.8. The van der Waals surface area contributed by atoms with E-state index in [1.165, 1.54) is 23.5 Å². The van der Waals surface area contributed by atoms with Gasteiger partial charge in [0.1, 0.15) is 11.8 Å². The minimum atomic E-state index is -4.69. The molecule has 0 aliphatic carbocycles. The van der Waals surface area contributed by atoms with Gasteiger partial charge in [0, 0.05) is 20.7 Å². The van der Waals surface area contributed by atoms with Crippen molar-refractivity contribution >= 4 is 75.1 Å². The molecule has 41 heavy (non-hydrogen) atoms. The molecule has 4 heterocycles. The van der Waals surface area contributed by atoms with E-state index in [0.717, 1.165) is 49.6 Å². The highest BCUT2D eigenvalue weighted by Crippen LogP contribution is 2.54. The summed E-state index contributed by atoms with van der Waals surface area (Å²) in [5.41, 5.74) is -1.07. The van der Waals surface area contributed by atoms with Crippen LogP contribution in [0.1, 0.15) is 21.2 Å². The van der Waals surface area contributed by atoms with E-state index in [2.05, 4.69) is 5.32 Å². The summed E-state index contributed by atoms with van der Waals surface area (Å²) in [5.74, 6) is -3.12. The summed E-state index contributed by atoms with van der Waals surface area (Å²) in [6.07, 6.45) is -4.69. The number of aromatic nitrogens is 1. The number of para-hydroxylation sites is 1. The van der Waals surface area contributed by atoms with Crippen LogP contribution in [0.15, 0.2) is 75.9 Å². The Balaban J connectivity index is 1.37. The number of fused-ring (bicyclic) bond motifs is 2. The number of amides is 3. The van der Waals surface area contributed by atoms with Gasteiger partial charge in [-0.25, -0.2) is 4.90 Å². The zero-order valence-electron chi connectivity index (χ0n) is 20.6. The van der Waals surface area contributed by atoms with E-state index in [1.807, 2.05) is 11.4 Å². The maximum Gasteiger partial charge on any atom is 0.418 e. The van der Waals surface area contributed by atoms with Crippen molar-refractivity contribution in [2.45, 2.75) is 28.9 Å². The van der Waals surface area contributed by atoms with Crippen LogP contribution < -0.4 is 15.1 Å². The summed E-state index contributed by atoms with van der Waals surface area (Å²) < 4.78 is 41.5. The molecule has 210 valence electrons. The first-order chi connectivity index (χ1) is 19.5. The van der Waals surface area contributed by atoms with E-state index in [0.29, 0.717) is 20.6 Å². The second-order valence-electron chi connectivity index (χ2n) is 9.26. The van der Waals surface area contributed by atoms with E-state index in [-0.39, 0.29) is 0 Å². The van der Waals surface area contributed by atoms with Gasteiger partial charge in [0.25, 0.3) is 0 Å². The van der Waals surface area contributed by atoms with Gasteiger partial charge >= 0.3 is 11.0 Å². The molecule has 6 rings (SSSR count). The highest BCUT2D eigenvalue weighted by atomic mass is 35.5. The molecule has 3 atom stereocenters. The van der Waals surface area contributed by atoms with Crippen LogP contribution in [0.2, 0.25) is 5.02 Å². The Morgan fingerprint density at radius 1 is 0.976 bits per heavy atom. The zero-order chi connectivity index (χ0) is 29.1. The molecule has 1 N–H and O–H groups in total. The summed E-state index contributed by atoms with van der Waals surface area (Å²) in [6.45, 7) is -0.568. The van der Waals surface area contributed by atoms with E-state index in [9.17, 15) is 32.3 Å². The number of hydrogen-bond acceptors (Lipinski definition) is 7. The summed E-state index contributed by atoms with van der Waals surface area (Å²) >= 11 is 9.26. The van der Waals surface area contributed by atoms with Crippen LogP contribution in [0.25, 0.3) is 0 Å². The third-order valence-electron chi connectivity index (χ3n) is 6.79. The molecule has 2 aromatic heterocycles. The molecule has 1 fully saturated rings. The van der Waals surface area contributed by atoms with Gasteiger partial charge in [-0.3, -0.25) is 23.7 Å². The number of carbonyl (C=O) groups is 3. The standard InChI is InChI=1S/C27H17ClF3N3O4S3/c28-13-7-9-14(10-8-13)34-23(36)20-19(17-6-3-11-39-17)22-25(40-21(20)24(34)37)33(26(38)41-22)12-18(35)32-16-5-2-1-4-15(16)27(29,30)31/h1-11,19-21H,12H2,(H,32,35). The number of alkyl halides is 3. The summed E-state index contributed by atoms with van der Waals surface area (Å²) in [4.78, 5) is 55.4. The summed E-state index contributed by atoms with van der Waals surface area (Å²) in [5, 5.41) is 4.00. The molecule has 0 bridgehead atoms. The van der Waals surface area contributed by atoms with Gasteiger partial charge < -0.3 is 5.32 Å². The second-order valence-corrected chi connectivity index (χ2v) is 12.8. The molecule has 2 aliphatic heterocycles. The van der Waals surface area contributed by atoms with Crippen molar-refractivity contribution in [3.05, 3.63) is 96.1 Å². The van der Waals surface area contributed by atoms with Crippen LogP contribution in [0, 0.1) is 5.92 Å². The fourth-order valence-electron chi connectivity index (χ4n) is 5.05. The van der Waals surface area contributed by atoms with Crippen molar-refractivity contribution in [2.75, 3.05) is 10.2 Å².